The van der Waals surface area contributed by atoms with Crippen LogP contribution in [0.15, 0.2) is 48.2 Å². The van der Waals surface area contributed by atoms with Gasteiger partial charge in [0.1, 0.15) is 0 Å². The van der Waals surface area contributed by atoms with Gasteiger partial charge in [-0.3, -0.25) is 0 Å². The van der Waals surface area contributed by atoms with Crippen LogP contribution in [0.5, 0.6) is 0 Å². The molecule has 27 heavy (non-hydrogen) atoms. The van der Waals surface area contributed by atoms with Crippen LogP contribution in [0.2, 0.25) is 5.02 Å². The molecule has 0 fully saturated rings. The van der Waals surface area contributed by atoms with E-state index in [1.807, 2.05) is 16.8 Å². The van der Waals surface area contributed by atoms with Gasteiger partial charge < -0.3 is 4.57 Å². The van der Waals surface area contributed by atoms with Gasteiger partial charge in [0, 0.05) is 39.8 Å². The summed E-state index contributed by atoms with van der Waals surface area (Å²) in [5, 5.41) is 10.4. The lowest BCUT2D eigenvalue weighted by Crippen LogP contribution is -2.07. The minimum atomic E-state index is -4.38. The second kappa shape index (κ2) is 7.13. The summed E-state index contributed by atoms with van der Waals surface area (Å²) in [5.74, 6) is 0. The zero-order valence-electron chi connectivity index (χ0n) is 14.7. The molecule has 138 valence electrons. The Morgan fingerprint density at radius 2 is 1.96 bits per heavy atom. The smallest absolute Gasteiger partial charge is 0.342 e. The maximum Gasteiger partial charge on any atom is 0.416 e. The Labute approximate surface area is 160 Å². The van der Waals surface area contributed by atoms with Gasteiger partial charge in [0.25, 0.3) is 0 Å². The molecule has 3 rings (SSSR count). The van der Waals surface area contributed by atoms with E-state index in [0.717, 1.165) is 22.5 Å². The van der Waals surface area contributed by atoms with Crippen LogP contribution in [0.1, 0.15) is 29.2 Å². The molecule has 3 aromatic rings. The quantitative estimate of drug-likeness (QED) is 0.465. The van der Waals surface area contributed by atoms with Crippen molar-refractivity contribution < 1.29 is 13.2 Å². The standard InChI is InChI=1S/C21H16ClF3N2/c1-13-5-15(8-17(7-13)21(23,24)25)11-27-12-16(6-14(2)10-26)19-9-18(22)3-4-20(19)27/h3-9,12H,11H2,1-2H3/b14-6-. The maximum atomic E-state index is 13.1. The predicted octanol–water partition coefficient (Wildman–Crippen LogP) is 6.60. The zero-order valence-corrected chi connectivity index (χ0v) is 15.5. The minimum absolute atomic E-state index is 0.280. The fraction of sp³-hybridized carbons (Fsp3) is 0.190. The molecule has 2 aromatic carbocycles. The van der Waals surface area contributed by atoms with E-state index in [-0.39, 0.29) is 6.54 Å². The largest absolute Gasteiger partial charge is 0.416 e. The Bertz CT molecular complexity index is 1090. The monoisotopic (exact) mass is 388 g/mol. The van der Waals surface area contributed by atoms with Crippen LogP contribution < -0.4 is 0 Å². The number of halogens is 4. The molecule has 6 heteroatoms. The molecule has 0 bridgehead atoms. The SMILES string of the molecule is C/C(C#N)=C/c1cn(Cc2cc(C)cc(C(F)(F)F)c2)c2ccc(Cl)cc12. The number of benzene rings is 2. The molecule has 0 saturated carbocycles. The predicted molar refractivity (Wildman–Crippen MR) is 101 cm³/mol. The Kier molecular flexibility index (Phi) is 5.03. The lowest BCUT2D eigenvalue weighted by Gasteiger charge is -2.12. The summed E-state index contributed by atoms with van der Waals surface area (Å²) < 4.78 is 41.2. The number of nitrogens with zero attached hydrogens (tertiary/aromatic N) is 2. The Balaban J connectivity index is 2.11. The van der Waals surface area contributed by atoms with E-state index >= 15 is 0 Å². The number of alkyl halides is 3. The topological polar surface area (TPSA) is 28.7 Å². The van der Waals surface area contributed by atoms with Crippen LogP contribution in [0.4, 0.5) is 13.2 Å². The summed E-state index contributed by atoms with van der Waals surface area (Å²) in [6.07, 6.45) is -0.811. The van der Waals surface area contributed by atoms with Crippen molar-refractivity contribution in [2.45, 2.75) is 26.6 Å². The fourth-order valence-electron chi connectivity index (χ4n) is 3.12. The second-order valence-electron chi connectivity index (χ2n) is 6.52. The van der Waals surface area contributed by atoms with E-state index in [1.165, 1.54) is 6.07 Å². The van der Waals surface area contributed by atoms with Gasteiger partial charge >= 0.3 is 6.18 Å². The lowest BCUT2D eigenvalue weighted by molar-refractivity contribution is -0.137. The van der Waals surface area contributed by atoms with Crippen LogP contribution in [0.25, 0.3) is 17.0 Å². The third-order valence-electron chi connectivity index (χ3n) is 4.24. The summed E-state index contributed by atoms with van der Waals surface area (Å²) in [7, 11) is 0. The van der Waals surface area contributed by atoms with E-state index in [0.29, 0.717) is 21.7 Å². The molecular weight excluding hydrogens is 373 g/mol. The maximum absolute atomic E-state index is 13.1. The van der Waals surface area contributed by atoms with Gasteiger partial charge in [-0.05, 0) is 55.8 Å². The Morgan fingerprint density at radius 1 is 1.22 bits per heavy atom. The van der Waals surface area contributed by atoms with Crippen molar-refractivity contribution in [2.75, 3.05) is 0 Å². The summed E-state index contributed by atoms with van der Waals surface area (Å²) in [6, 6.07) is 11.5. The van der Waals surface area contributed by atoms with Crippen molar-refractivity contribution in [3.8, 4) is 6.07 Å². The van der Waals surface area contributed by atoms with Gasteiger partial charge in [-0.1, -0.05) is 23.2 Å². The number of hydrogen-bond donors (Lipinski definition) is 0. The Morgan fingerprint density at radius 3 is 2.63 bits per heavy atom. The Hall–Kier alpha value is -2.71. The van der Waals surface area contributed by atoms with Crippen LogP contribution in [-0.4, -0.2) is 4.57 Å². The molecule has 0 aliphatic heterocycles. The first-order chi connectivity index (χ1) is 12.7. The average molecular weight is 389 g/mol. The van der Waals surface area contributed by atoms with Crippen molar-refractivity contribution in [3.05, 3.63) is 75.4 Å². The molecule has 0 N–H and O–H groups in total. The van der Waals surface area contributed by atoms with E-state index < -0.39 is 11.7 Å². The molecule has 0 spiro atoms. The third kappa shape index (κ3) is 4.17. The van der Waals surface area contributed by atoms with Gasteiger partial charge in [-0.15, -0.1) is 0 Å². The highest BCUT2D eigenvalue weighted by atomic mass is 35.5. The first-order valence-corrected chi connectivity index (χ1v) is 8.60. The minimum Gasteiger partial charge on any atom is -0.342 e. The van der Waals surface area contributed by atoms with Crippen molar-refractivity contribution >= 4 is 28.6 Å². The van der Waals surface area contributed by atoms with Crippen molar-refractivity contribution in [1.29, 1.82) is 5.26 Å². The van der Waals surface area contributed by atoms with Gasteiger partial charge in [-0.25, -0.2) is 0 Å². The zero-order chi connectivity index (χ0) is 19.8. The van der Waals surface area contributed by atoms with Crippen LogP contribution in [-0.2, 0) is 12.7 Å². The molecule has 1 aromatic heterocycles. The molecule has 0 saturated heterocycles. The summed E-state index contributed by atoms with van der Waals surface area (Å²) in [4.78, 5) is 0. The average Bonchev–Trinajstić information content (AvgIpc) is 2.90. The number of rotatable bonds is 3. The van der Waals surface area contributed by atoms with Gasteiger partial charge in [0.15, 0.2) is 0 Å². The number of aryl methyl sites for hydroxylation is 1. The summed E-state index contributed by atoms with van der Waals surface area (Å²) in [6.45, 7) is 3.63. The first kappa shape index (κ1) is 19.1. The molecule has 0 amide bonds. The first-order valence-electron chi connectivity index (χ1n) is 8.22. The number of hydrogen-bond acceptors (Lipinski definition) is 1. The third-order valence-corrected chi connectivity index (χ3v) is 4.47. The number of fused-ring (bicyclic) bond motifs is 1. The summed E-state index contributed by atoms with van der Waals surface area (Å²) in [5.41, 5.74) is 2.63. The fourth-order valence-corrected chi connectivity index (χ4v) is 3.29. The molecule has 0 unspecified atom stereocenters. The number of allylic oxidation sites excluding steroid dienone is 1. The normalized spacial score (nSPS) is 12.4. The number of aromatic nitrogens is 1. The second-order valence-corrected chi connectivity index (χ2v) is 6.95. The van der Waals surface area contributed by atoms with E-state index in [1.54, 1.807) is 38.1 Å². The molecule has 0 aliphatic rings. The molecule has 0 aliphatic carbocycles. The molecule has 0 radical (unpaired) electrons. The summed E-state index contributed by atoms with van der Waals surface area (Å²) >= 11 is 6.10. The van der Waals surface area contributed by atoms with Gasteiger partial charge in [-0.2, -0.15) is 18.4 Å². The highest BCUT2D eigenvalue weighted by molar-refractivity contribution is 6.31. The number of nitriles is 1. The molecule has 2 nitrogen and oxygen atoms in total. The van der Waals surface area contributed by atoms with E-state index in [9.17, 15) is 13.2 Å². The van der Waals surface area contributed by atoms with Crippen LogP contribution in [0, 0.1) is 18.3 Å². The highest BCUT2D eigenvalue weighted by Crippen LogP contribution is 2.32. The van der Waals surface area contributed by atoms with Crippen molar-refractivity contribution in [2.24, 2.45) is 0 Å². The van der Waals surface area contributed by atoms with Crippen molar-refractivity contribution in [3.63, 3.8) is 0 Å². The molecule has 1 heterocycles. The lowest BCUT2D eigenvalue weighted by atomic mass is 10.1. The van der Waals surface area contributed by atoms with E-state index in [2.05, 4.69) is 6.07 Å². The highest BCUT2D eigenvalue weighted by Gasteiger charge is 2.30. The molecular formula is C21H16ClF3N2. The molecule has 0 atom stereocenters. The van der Waals surface area contributed by atoms with E-state index in [4.69, 9.17) is 16.9 Å². The van der Waals surface area contributed by atoms with Crippen LogP contribution >= 0.6 is 11.6 Å². The van der Waals surface area contributed by atoms with Gasteiger partial charge in [0.05, 0.1) is 11.6 Å². The van der Waals surface area contributed by atoms with Crippen molar-refractivity contribution in [1.82, 2.24) is 4.57 Å². The van der Waals surface area contributed by atoms with Gasteiger partial charge in [0.2, 0.25) is 0 Å². The van der Waals surface area contributed by atoms with Crippen LogP contribution in [0.3, 0.4) is 0 Å².